The summed E-state index contributed by atoms with van der Waals surface area (Å²) in [4.78, 5) is 3.84. The molecule has 1 aromatic rings. The molecule has 0 aliphatic heterocycles. The zero-order valence-corrected chi connectivity index (χ0v) is 9.80. The third-order valence-electron chi connectivity index (χ3n) is 2.29. The van der Waals surface area contributed by atoms with Gasteiger partial charge in [0.15, 0.2) is 0 Å². The van der Waals surface area contributed by atoms with E-state index < -0.39 is 11.7 Å². The monoisotopic (exact) mass is 247 g/mol. The maximum Gasteiger partial charge on any atom is 0.416 e. The van der Waals surface area contributed by atoms with Gasteiger partial charge in [0.25, 0.3) is 0 Å². The van der Waals surface area contributed by atoms with Crippen LogP contribution >= 0.6 is 0 Å². The molecule has 0 spiro atoms. The van der Waals surface area contributed by atoms with E-state index >= 15 is 0 Å². The van der Waals surface area contributed by atoms with Crippen molar-refractivity contribution < 1.29 is 13.2 Å². The zero-order chi connectivity index (χ0) is 13.1. The average Bonchev–Trinajstić information content (AvgIpc) is 2.15. The van der Waals surface area contributed by atoms with E-state index in [2.05, 4.69) is 10.3 Å². The number of rotatable bonds is 4. The maximum atomic E-state index is 12.5. The molecule has 1 atom stereocenters. The Morgan fingerprint density at radius 2 is 2.06 bits per heavy atom. The average molecular weight is 247 g/mol. The van der Waals surface area contributed by atoms with E-state index in [1.165, 1.54) is 0 Å². The van der Waals surface area contributed by atoms with Crippen LogP contribution in [0.1, 0.15) is 32.3 Å². The number of hydrogen-bond donors (Lipinski definition) is 2. The number of nitrogens with one attached hydrogen (secondary N) is 1. The molecule has 3 N–H and O–H groups in total. The molecule has 0 aliphatic carbocycles. The minimum atomic E-state index is -4.40. The summed E-state index contributed by atoms with van der Waals surface area (Å²) >= 11 is 0. The summed E-state index contributed by atoms with van der Waals surface area (Å²) in [6.07, 6.45) is -2.60. The number of halogens is 3. The first-order valence-electron chi connectivity index (χ1n) is 5.44. The predicted molar refractivity (Wildman–Crippen MR) is 61.6 cm³/mol. The maximum absolute atomic E-state index is 12.5. The Labute approximate surface area is 98.2 Å². The van der Waals surface area contributed by atoms with Gasteiger partial charge >= 0.3 is 6.18 Å². The minimum Gasteiger partial charge on any atom is -0.384 e. The highest BCUT2D eigenvalue weighted by atomic mass is 19.4. The van der Waals surface area contributed by atoms with E-state index in [1.807, 2.05) is 13.8 Å². The first-order valence-corrected chi connectivity index (χ1v) is 5.44. The first kappa shape index (κ1) is 13.6. The van der Waals surface area contributed by atoms with E-state index in [4.69, 9.17) is 5.73 Å². The Kier molecular flexibility index (Phi) is 4.20. The van der Waals surface area contributed by atoms with Crippen molar-refractivity contribution in [3.05, 3.63) is 17.7 Å². The van der Waals surface area contributed by atoms with Crippen LogP contribution in [0.4, 0.5) is 24.8 Å². The van der Waals surface area contributed by atoms with Crippen molar-refractivity contribution in [1.82, 2.24) is 4.98 Å². The summed E-state index contributed by atoms with van der Waals surface area (Å²) in [5.41, 5.74) is 4.57. The van der Waals surface area contributed by atoms with Crippen molar-refractivity contribution in [2.24, 2.45) is 0 Å². The van der Waals surface area contributed by atoms with Crippen LogP contribution in [0, 0.1) is 0 Å². The Morgan fingerprint density at radius 1 is 1.41 bits per heavy atom. The fourth-order valence-corrected chi connectivity index (χ4v) is 1.55. The molecule has 0 saturated carbocycles. The highest BCUT2D eigenvalue weighted by Gasteiger charge is 2.31. The van der Waals surface area contributed by atoms with E-state index in [9.17, 15) is 13.2 Å². The standard InChI is InChI=1S/C11H16F3N3/c1-3-4-7(2)16-10-6-8(11(12,13)14)5-9(15)17-10/h5-7H,3-4H2,1-2H3,(H3,15,16,17). The van der Waals surface area contributed by atoms with Crippen LogP contribution in [0.25, 0.3) is 0 Å². The van der Waals surface area contributed by atoms with Crippen molar-refractivity contribution in [2.75, 3.05) is 11.1 Å². The zero-order valence-electron chi connectivity index (χ0n) is 9.80. The second kappa shape index (κ2) is 5.25. The van der Waals surface area contributed by atoms with Crippen LogP contribution in [0.5, 0.6) is 0 Å². The van der Waals surface area contributed by atoms with Crippen molar-refractivity contribution in [2.45, 2.75) is 38.9 Å². The number of nitrogens with zero attached hydrogens (tertiary/aromatic N) is 1. The number of hydrogen-bond acceptors (Lipinski definition) is 3. The normalized spacial score (nSPS) is 13.5. The fourth-order valence-electron chi connectivity index (χ4n) is 1.55. The number of aromatic nitrogens is 1. The quantitative estimate of drug-likeness (QED) is 0.858. The molecule has 0 bridgehead atoms. The van der Waals surface area contributed by atoms with Gasteiger partial charge in [-0.05, 0) is 25.5 Å². The van der Waals surface area contributed by atoms with Gasteiger partial charge in [-0.25, -0.2) is 4.98 Å². The summed E-state index contributed by atoms with van der Waals surface area (Å²) in [5, 5.41) is 2.90. The van der Waals surface area contributed by atoms with Gasteiger partial charge in [-0.2, -0.15) is 13.2 Å². The molecule has 0 aliphatic rings. The van der Waals surface area contributed by atoms with Gasteiger partial charge in [0.05, 0.1) is 5.56 Å². The second-order valence-electron chi connectivity index (χ2n) is 4.00. The van der Waals surface area contributed by atoms with E-state index in [0.717, 1.165) is 25.0 Å². The molecule has 0 fully saturated rings. The molecule has 6 heteroatoms. The first-order chi connectivity index (χ1) is 7.82. The largest absolute Gasteiger partial charge is 0.416 e. The van der Waals surface area contributed by atoms with Crippen molar-refractivity contribution in [1.29, 1.82) is 0 Å². The fraction of sp³-hybridized carbons (Fsp3) is 0.545. The third kappa shape index (κ3) is 4.13. The molecular weight excluding hydrogens is 231 g/mol. The summed E-state index contributed by atoms with van der Waals surface area (Å²) < 4.78 is 37.6. The molecule has 1 heterocycles. The summed E-state index contributed by atoms with van der Waals surface area (Å²) in [6.45, 7) is 3.90. The number of anilines is 2. The highest BCUT2D eigenvalue weighted by molar-refractivity contribution is 5.47. The molecule has 0 amide bonds. The number of nitrogen functional groups attached to an aromatic ring is 1. The number of pyridine rings is 1. The van der Waals surface area contributed by atoms with E-state index in [1.54, 1.807) is 0 Å². The van der Waals surface area contributed by atoms with E-state index in [0.29, 0.717) is 0 Å². The topological polar surface area (TPSA) is 50.9 Å². The van der Waals surface area contributed by atoms with Crippen LogP contribution in [-0.4, -0.2) is 11.0 Å². The van der Waals surface area contributed by atoms with Gasteiger partial charge < -0.3 is 11.1 Å². The van der Waals surface area contributed by atoms with Crippen LogP contribution in [-0.2, 0) is 6.18 Å². The number of nitrogens with two attached hydrogens (primary N) is 1. The van der Waals surface area contributed by atoms with Gasteiger partial charge in [0, 0.05) is 6.04 Å². The van der Waals surface area contributed by atoms with Crippen molar-refractivity contribution in [3.63, 3.8) is 0 Å². The lowest BCUT2D eigenvalue weighted by molar-refractivity contribution is -0.137. The third-order valence-corrected chi connectivity index (χ3v) is 2.29. The molecule has 17 heavy (non-hydrogen) atoms. The lowest BCUT2D eigenvalue weighted by atomic mass is 10.2. The lowest BCUT2D eigenvalue weighted by Crippen LogP contribution is -2.17. The molecule has 0 aromatic carbocycles. The highest BCUT2D eigenvalue weighted by Crippen LogP contribution is 2.31. The SMILES string of the molecule is CCCC(C)Nc1cc(C(F)(F)F)cc(N)n1. The van der Waals surface area contributed by atoms with Gasteiger partial charge in [0.2, 0.25) is 0 Å². The molecule has 96 valence electrons. The molecule has 0 saturated heterocycles. The van der Waals surface area contributed by atoms with Crippen molar-refractivity contribution in [3.8, 4) is 0 Å². The van der Waals surface area contributed by atoms with Crippen molar-refractivity contribution >= 4 is 11.6 Å². The Hall–Kier alpha value is -1.46. The summed E-state index contributed by atoms with van der Waals surface area (Å²) in [6, 6.07) is 1.87. The van der Waals surface area contributed by atoms with Gasteiger partial charge in [-0.3, -0.25) is 0 Å². The van der Waals surface area contributed by atoms with Gasteiger partial charge in [-0.1, -0.05) is 13.3 Å². The minimum absolute atomic E-state index is 0.0652. The Morgan fingerprint density at radius 3 is 2.59 bits per heavy atom. The number of alkyl halides is 3. The second-order valence-corrected chi connectivity index (χ2v) is 4.00. The predicted octanol–water partition coefficient (Wildman–Crippen LogP) is 3.28. The summed E-state index contributed by atoms with van der Waals surface area (Å²) in [7, 11) is 0. The molecule has 1 rings (SSSR count). The smallest absolute Gasteiger partial charge is 0.384 e. The van der Waals surface area contributed by atoms with Crippen LogP contribution in [0.15, 0.2) is 12.1 Å². The van der Waals surface area contributed by atoms with E-state index in [-0.39, 0.29) is 17.7 Å². The van der Waals surface area contributed by atoms with Crippen LogP contribution in [0.3, 0.4) is 0 Å². The van der Waals surface area contributed by atoms with Gasteiger partial charge in [-0.15, -0.1) is 0 Å². The lowest BCUT2D eigenvalue weighted by Gasteiger charge is -2.15. The molecule has 1 aromatic heterocycles. The van der Waals surface area contributed by atoms with Crippen LogP contribution < -0.4 is 11.1 Å². The van der Waals surface area contributed by atoms with Gasteiger partial charge in [0.1, 0.15) is 11.6 Å². The Balaban J connectivity index is 2.90. The Bertz CT molecular complexity index is 377. The van der Waals surface area contributed by atoms with Crippen LogP contribution in [0.2, 0.25) is 0 Å². The summed E-state index contributed by atoms with van der Waals surface area (Å²) in [5.74, 6) is 0.0318. The molecular formula is C11H16F3N3. The molecule has 1 unspecified atom stereocenters. The molecule has 0 radical (unpaired) electrons. The molecule has 3 nitrogen and oxygen atoms in total.